The highest BCUT2D eigenvalue weighted by Gasteiger charge is 2.66. The van der Waals surface area contributed by atoms with Crippen molar-refractivity contribution in [3.8, 4) is 0 Å². The van der Waals surface area contributed by atoms with Crippen LogP contribution >= 0.6 is 0 Å². The van der Waals surface area contributed by atoms with Crippen LogP contribution in [0.2, 0.25) is 0 Å². The van der Waals surface area contributed by atoms with Crippen LogP contribution < -0.4 is 0 Å². The summed E-state index contributed by atoms with van der Waals surface area (Å²) in [6.07, 6.45) is -1.57. The summed E-state index contributed by atoms with van der Waals surface area (Å²) < 4.78 is 0. The largest absolute Gasteiger partial charge is 0.481 e. The highest BCUT2D eigenvalue weighted by atomic mass is 16.4. The maximum absolute atomic E-state index is 10.6. The van der Waals surface area contributed by atoms with E-state index in [9.17, 15) is 9.59 Å². The number of aliphatic carboxylic acids is 2. The third kappa shape index (κ3) is 1.39. The SMILES string of the molecule is CC1(C)[C@H](C(O)C(=O)O)[C@@H]1C(=O)O. The van der Waals surface area contributed by atoms with Gasteiger partial charge in [-0.2, -0.15) is 0 Å². The summed E-state index contributed by atoms with van der Waals surface area (Å²) in [6, 6.07) is 0. The summed E-state index contributed by atoms with van der Waals surface area (Å²) in [5.74, 6) is -3.83. The summed E-state index contributed by atoms with van der Waals surface area (Å²) in [5, 5.41) is 26.3. The van der Waals surface area contributed by atoms with Crippen molar-refractivity contribution >= 4 is 11.9 Å². The van der Waals surface area contributed by atoms with Gasteiger partial charge < -0.3 is 15.3 Å². The second-order valence-corrected chi connectivity index (χ2v) is 3.95. The summed E-state index contributed by atoms with van der Waals surface area (Å²) >= 11 is 0. The van der Waals surface area contributed by atoms with Gasteiger partial charge in [0.1, 0.15) is 0 Å². The summed E-state index contributed by atoms with van der Waals surface area (Å²) in [5.41, 5.74) is -0.621. The lowest BCUT2D eigenvalue weighted by molar-refractivity contribution is -0.148. The number of hydrogen-bond acceptors (Lipinski definition) is 3. The van der Waals surface area contributed by atoms with Crippen molar-refractivity contribution in [3.63, 3.8) is 0 Å². The van der Waals surface area contributed by atoms with E-state index >= 15 is 0 Å². The molecule has 1 saturated carbocycles. The van der Waals surface area contributed by atoms with Gasteiger partial charge in [-0.15, -0.1) is 0 Å². The number of aliphatic hydroxyl groups is 1. The zero-order valence-electron chi connectivity index (χ0n) is 7.39. The molecule has 5 nitrogen and oxygen atoms in total. The molecule has 0 spiro atoms. The van der Waals surface area contributed by atoms with E-state index in [0.717, 1.165) is 0 Å². The maximum atomic E-state index is 10.6. The minimum Gasteiger partial charge on any atom is -0.481 e. The van der Waals surface area contributed by atoms with Crippen LogP contribution in [-0.2, 0) is 9.59 Å². The van der Waals surface area contributed by atoms with Gasteiger partial charge in [0.05, 0.1) is 5.92 Å². The maximum Gasteiger partial charge on any atom is 0.332 e. The lowest BCUT2D eigenvalue weighted by Gasteiger charge is -2.05. The molecule has 1 aliphatic carbocycles. The molecular weight excluding hydrogens is 176 g/mol. The first-order valence-electron chi connectivity index (χ1n) is 3.94. The second kappa shape index (κ2) is 2.70. The predicted octanol–water partition coefficient (Wildman–Crippen LogP) is -0.211. The lowest BCUT2D eigenvalue weighted by atomic mass is 10.1. The quantitative estimate of drug-likeness (QED) is 0.569. The van der Waals surface area contributed by atoms with Gasteiger partial charge >= 0.3 is 11.9 Å². The molecule has 1 unspecified atom stereocenters. The zero-order valence-corrected chi connectivity index (χ0v) is 7.39. The third-order valence-corrected chi connectivity index (χ3v) is 2.77. The molecule has 0 radical (unpaired) electrons. The molecule has 0 amide bonds. The highest BCUT2D eigenvalue weighted by molar-refractivity contribution is 5.80. The Morgan fingerprint density at radius 1 is 1.31 bits per heavy atom. The van der Waals surface area contributed by atoms with Crippen molar-refractivity contribution in [2.45, 2.75) is 20.0 Å². The molecule has 1 fully saturated rings. The van der Waals surface area contributed by atoms with Crippen LogP contribution in [-0.4, -0.2) is 33.4 Å². The number of carboxylic acids is 2. The van der Waals surface area contributed by atoms with E-state index in [1.54, 1.807) is 13.8 Å². The predicted molar refractivity (Wildman–Crippen MR) is 42.0 cm³/mol. The van der Waals surface area contributed by atoms with Crippen LogP contribution in [0, 0.1) is 17.3 Å². The van der Waals surface area contributed by atoms with Crippen molar-refractivity contribution in [3.05, 3.63) is 0 Å². The van der Waals surface area contributed by atoms with Crippen LogP contribution in [0.5, 0.6) is 0 Å². The summed E-state index contributed by atoms with van der Waals surface area (Å²) in [6.45, 7) is 3.28. The monoisotopic (exact) mass is 188 g/mol. The molecule has 13 heavy (non-hydrogen) atoms. The average Bonchev–Trinajstić information content (AvgIpc) is 2.51. The van der Waals surface area contributed by atoms with Gasteiger partial charge in [-0.3, -0.25) is 4.79 Å². The summed E-state index contributed by atoms with van der Waals surface area (Å²) in [4.78, 5) is 21.0. The Balaban J connectivity index is 2.76. The van der Waals surface area contributed by atoms with Crippen LogP contribution in [0.1, 0.15) is 13.8 Å². The van der Waals surface area contributed by atoms with E-state index in [0.29, 0.717) is 0 Å². The Bertz CT molecular complexity index is 257. The van der Waals surface area contributed by atoms with Crippen molar-refractivity contribution < 1.29 is 24.9 Å². The topological polar surface area (TPSA) is 94.8 Å². The molecule has 0 saturated heterocycles. The molecule has 0 bridgehead atoms. The highest BCUT2D eigenvalue weighted by Crippen LogP contribution is 2.59. The first-order valence-corrected chi connectivity index (χ1v) is 3.94. The molecule has 1 rings (SSSR count). The number of aliphatic hydroxyl groups excluding tert-OH is 1. The number of rotatable bonds is 3. The smallest absolute Gasteiger partial charge is 0.332 e. The molecule has 5 heteroatoms. The average molecular weight is 188 g/mol. The first-order chi connectivity index (χ1) is 5.80. The Kier molecular flexibility index (Phi) is 2.07. The van der Waals surface area contributed by atoms with E-state index in [2.05, 4.69) is 0 Å². The van der Waals surface area contributed by atoms with Crippen molar-refractivity contribution in [2.24, 2.45) is 17.3 Å². The molecule has 0 aromatic rings. The van der Waals surface area contributed by atoms with Crippen molar-refractivity contribution in [1.29, 1.82) is 0 Å². The normalized spacial score (nSPS) is 32.2. The van der Waals surface area contributed by atoms with Crippen molar-refractivity contribution in [2.75, 3.05) is 0 Å². The second-order valence-electron chi connectivity index (χ2n) is 3.95. The molecule has 3 N–H and O–H groups in total. The Morgan fingerprint density at radius 3 is 2.00 bits per heavy atom. The Morgan fingerprint density at radius 2 is 1.77 bits per heavy atom. The standard InChI is InChI=1S/C8H12O5/c1-8(2)3(4(8)6(10)11)5(9)7(12)13/h3-5,9H,1-2H3,(H,10,11)(H,12,13)/t3-,4+,5?/m0/s1. The molecular formula is C8H12O5. The molecule has 1 aliphatic rings. The molecule has 0 aromatic carbocycles. The van der Waals surface area contributed by atoms with Gasteiger partial charge in [0.2, 0.25) is 0 Å². The van der Waals surface area contributed by atoms with E-state index in [4.69, 9.17) is 15.3 Å². The van der Waals surface area contributed by atoms with Crippen LogP contribution in [0.15, 0.2) is 0 Å². The molecule has 74 valence electrons. The van der Waals surface area contributed by atoms with Crippen LogP contribution in [0.4, 0.5) is 0 Å². The number of hydrogen-bond donors (Lipinski definition) is 3. The molecule has 0 heterocycles. The molecule has 3 atom stereocenters. The van der Waals surface area contributed by atoms with Gasteiger partial charge in [-0.1, -0.05) is 13.8 Å². The number of carbonyl (C=O) groups is 2. The van der Waals surface area contributed by atoms with Gasteiger partial charge in [-0.25, -0.2) is 4.79 Å². The van der Waals surface area contributed by atoms with Gasteiger partial charge in [0.25, 0.3) is 0 Å². The zero-order chi connectivity index (χ0) is 10.4. The van der Waals surface area contributed by atoms with Crippen LogP contribution in [0.25, 0.3) is 0 Å². The third-order valence-electron chi connectivity index (χ3n) is 2.77. The molecule has 0 aromatic heterocycles. The first kappa shape index (κ1) is 9.98. The minimum absolute atomic E-state index is 0.621. The van der Waals surface area contributed by atoms with Gasteiger partial charge in [-0.05, 0) is 5.41 Å². The minimum atomic E-state index is -1.57. The Labute approximate surface area is 75.0 Å². The van der Waals surface area contributed by atoms with Gasteiger partial charge in [0.15, 0.2) is 6.10 Å². The van der Waals surface area contributed by atoms with Crippen molar-refractivity contribution in [1.82, 2.24) is 0 Å². The van der Waals surface area contributed by atoms with E-state index < -0.39 is 35.3 Å². The van der Waals surface area contributed by atoms with E-state index in [1.807, 2.05) is 0 Å². The van der Waals surface area contributed by atoms with E-state index in [-0.39, 0.29) is 0 Å². The van der Waals surface area contributed by atoms with Crippen LogP contribution in [0.3, 0.4) is 0 Å². The van der Waals surface area contributed by atoms with E-state index in [1.165, 1.54) is 0 Å². The Hall–Kier alpha value is -1.10. The van der Waals surface area contributed by atoms with Gasteiger partial charge in [0, 0.05) is 5.92 Å². The lowest BCUT2D eigenvalue weighted by Crippen LogP contribution is -2.24. The fraction of sp³-hybridized carbons (Fsp3) is 0.750. The summed E-state index contributed by atoms with van der Waals surface area (Å²) in [7, 11) is 0. The number of carboxylic acid groups (broad SMARTS) is 2. The fourth-order valence-electron chi connectivity index (χ4n) is 1.89. The molecule has 0 aliphatic heterocycles. The fourth-order valence-corrected chi connectivity index (χ4v) is 1.89.